The van der Waals surface area contributed by atoms with Gasteiger partial charge >= 0.3 is 0 Å². The Bertz CT molecular complexity index is 236. The van der Waals surface area contributed by atoms with Gasteiger partial charge in [0.1, 0.15) is 5.03 Å². The summed E-state index contributed by atoms with van der Waals surface area (Å²) in [6.07, 6.45) is 9.23. The zero-order valence-corrected chi connectivity index (χ0v) is 8.26. The molecule has 1 heterocycles. The summed E-state index contributed by atoms with van der Waals surface area (Å²) >= 11 is 5.72. The van der Waals surface area contributed by atoms with Gasteiger partial charge in [-0.15, -0.1) is 11.8 Å². The number of hydrogen-bond acceptors (Lipinski definition) is 4. The summed E-state index contributed by atoms with van der Waals surface area (Å²) in [5.41, 5.74) is 0. The molecule has 0 amide bonds. The van der Waals surface area contributed by atoms with Crippen LogP contribution in [-0.4, -0.2) is 21.5 Å². The summed E-state index contributed by atoms with van der Waals surface area (Å²) in [5.74, 6) is 1.72. The lowest BCUT2D eigenvalue weighted by molar-refractivity contribution is 1.06. The van der Waals surface area contributed by atoms with Crippen molar-refractivity contribution in [2.24, 2.45) is 0 Å². The molecule has 12 heavy (non-hydrogen) atoms. The topological polar surface area (TPSA) is 25.8 Å². The molecule has 0 bridgehead atoms. The highest BCUT2D eigenvalue weighted by Gasteiger charge is 1.89. The van der Waals surface area contributed by atoms with E-state index < -0.39 is 0 Å². The molecule has 64 valence electrons. The highest BCUT2D eigenvalue weighted by molar-refractivity contribution is 7.99. The van der Waals surface area contributed by atoms with Crippen molar-refractivity contribution in [2.45, 2.75) is 5.03 Å². The second-order valence-corrected chi connectivity index (χ2v) is 3.41. The van der Waals surface area contributed by atoms with Crippen LogP contribution in [0.4, 0.5) is 0 Å². The van der Waals surface area contributed by atoms with Crippen molar-refractivity contribution in [1.29, 1.82) is 0 Å². The van der Waals surface area contributed by atoms with Crippen molar-refractivity contribution >= 4 is 24.4 Å². The fourth-order valence-electron chi connectivity index (χ4n) is 0.636. The predicted octanol–water partition coefficient (Wildman–Crippen LogP) is 2.05. The Kier molecular flexibility index (Phi) is 4.87. The van der Waals surface area contributed by atoms with Crippen LogP contribution in [0, 0.1) is 0 Å². The normalized spacial score (nSPS) is 10.8. The first-order valence-corrected chi connectivity index (χ1v) is 5.20. The first-order chi connectivity index (χ1) is 5.93. The Morgan fingerprint density at radius 2 is 2.33 bits per heavy atom. The maximum atomic E-state index is 4.12. The first-order valence-electron chi connectivity index (χ1n) is 3.58. The van der Waals surface area contributed by atoms with E-state index in [-0.39, 0.29) is 0 Å². The van der Waals surface area contributed by atoms with Crippen molar-refractivity contribution in [3.63, 3.8) is 0 Å². The number of nitrogens with zero attached hydrogens (tertiary/aromatic N) is 2. The standard InChI is InChI=1S/C8H10N2S2/c11-5-1-2-6-12-8-7-9-3-4-10-8/h1-4,7,11H,5-6H2. The Balaban J connectivity index is 2.29. The average Bonchev–Trinajstić information content (AvgIpc) is 2.14. The minimum absolute atomic E-state index is 0.793. The Hall–Kier alpha value is -0.480. The molecule has 1 aromatic heterocycles. The fraction of sp³-hybridized carbons (Fsp3) is 0.250. The van der Waals surface area contributed by atoms with E-state index in [2.05, 4.69) is 28.7 Å². The van der Waals surface area contributed by atoms with Gasteiger partial charge in [-0.05, 0) is 0 Å². The SMILES string of the molecule is SCC=CCSc1cnccn1. The number of rotatable bonds is 4. The number of hydrogen-bond donors (Lipinski definition) is 1. The molecule has 0 atom stereocenters. The number of thiol groups is 1. The van der Waals surface area contributed by atoms with Crippen LogP contribution in [0.1, 0.15) is 0 Å². The minimum Gasteiger partial charge on any atom is -0.260 e. The van der Waals surface area contributed by atoms with Gasteiger partial charge in [0, 0.05) is 23.9 Å². The summed E-state index contributed by atoms with van der Waals surface area (Å²) in [6, 6.07) is 0. The van der Waals surface area contributed by atoms with Crippen LogP contribution in [-0.2, 0) is 0 Å². The lowest BCUT2D eigenvalue weighted by Gasteiger charge is -1.93. The van der Waals surface area contributed by atoms with Crippen LogP contribution < -0.4 is 0 Å². The van der Waals surface area contributed by atoms with Crippen molar-refractivity contribution in [3.05, 3.63) is 30.7 Å². The van der Waals surface area contributed by atoms with Crippen LogP contribution >= 0.6 is 24.4 Å². The van der Waals surface area contributed by atoms with Crippen LogP contribution in [0.3, 0.4) is 0 Å². The van der Waals surface area contributed by atoms with Crippen LogP contribution in [0.5, 0.6) is 0 Å². The van der Waals surface area contributed by atoms with Gasteiger partial charge in [-0.25, -0.2) is 4.98 Å². The average molecular weight is 198 g/mol. The van der Waals surface area contributed by atoms with Crippen LogP contribution in [0.2, 0.25) is 0 Å². The molecule has 0 aromatic carbocycles. The highest BCUT2D eigenvalue weighted by Crippen LogP contribution is 2.12. The summed E-state index contributed by atoms with van der Waals surface area (Å²) in [4.78, 5) is 8.08. The van der Waals surface area contributed by atoms with E-state index in [4.69, 9.17) is 0 Å². The Morgan fingerprint density at radius 3 is 3.00 bits per heavy atom. The molecule has 0 saturated heterocycles. The van der Waals surface area contributed by atoms with Gasteiger partial charge in [0.15, 0.2) is 0 Å². The molecule has 0 radical (unpaired) electrons. The molecule has 1 rings (SSSR count). The molecule has 0 aliphatic rings. The lowest BCUT2D eigenvalue weighted by Crippen LogP contribution is -1.80. The largest absolute Gasteiger partial charge is 0.260 e. The predicted molar refractivity (Wildman–Crippen MR) is 55.7 cm³/mol. The van der Waals surface area contributed by atoms with E-state index in [1.54, 1.807) is 30.4 Å². The van der Waals surface area contributed by atoms with E-state index >= 15 is 0 Å². The maximum Gasteiger partial charge on any atom is 0.115 e. The van der Waals surface area contributed by atoms with Gasteiger partial charge in [0.05, 0.1) is 6.20 Å². The van der Waals surface area contributed by atoms with E-state index in [0.717, 1.165) is 16.5 Å². The molecule has 0 N–H and O–H groups in total. The lowest BCUT2D eigenvalue weighted by atomic mass is 10.6. The summed E-state index contributed by atoms with van der Waals surface area (Å²) in [6.45, 7) is 0. The van der Waals surface area contributed by atoms with Gasteiger partial charge in [0.2, 0.25) is 0 Å². The minimum atomic E-state index is 0.793. The summed E-state index contributed by atoms with van der Waals surface area (Å²) in [5, 5.41) is 0.960. The molecule has 0 fully saturated rings. The highest BCUT2D eigenvalue weighted by atomic mass is 32.2. The number of thioether (sulfide) groups is 1. The molecule has 4 heteroatoms. The zero-order chi connectivity index (χ0) is 8.65. The van der Waals surface area contributed by atoms with E-state index in [1.807, 2.05) is 6.08 Å². The first kappa shape index (κ1) is 9.61. The smallest absolute Gasteiger partial charge is 0.115 e. The Labute approximate surface area is 81.9 Å². The van der Waals surface area contributed by atoms with Gasteiger partial charge in [-0.2, -0.15) is 12.6 Å². The van der Waals surface area contributed by atoms with Crippen molar-refractivity contribution in [2.75, 3.05) is 11.5 Å². The van der Waals surface area contributed by atoms with Gasteiger partial charge < -0.3 is 0 Å². The van der Waals surface area contributed by atoms with Crippen molar-refractivity contribution in [3.8, 4) is 0 Å². The van der Waals surface area contributed by atoms with Crippen LogP contribution in [0.15, 0.2) is 35.8 Å². The van der Waals surface area contributed by atoms with Gasteiger partial charge in [0.25, 0.3) is 0 Å². The molecular formula is C8H10N2S2. The van der Waals surface area contributed by atoms with Crippen LogP contribution in [0.25, 0.3) is 0 Å². The van der Waals surface area contributed by atoms with Gasteiger partial charge in [-0.3, -0.25) is 4.98 Å². The van der Waals surface area contributed by atoms with Crippen molar-refractivity contribution < 1.29 is 0 Å². The number of aromatic nitrogens is 2. The van der Waals surface area contributed by atoms with Gasteiger partial charge in [-0.1, -0.05) is 12.2 Å². The van der Waals surface area contributed by atoms with E-state index in [9.17, 15) is 0 Å². The molecule has 0 aliphatic carbocycles. The molecule has 0 saturated carbocycles. The molecule has 0 aliphatic heterocycles. The monoisotopic (exact) mass is 198 g/mol. The Morgan fingerprint density at radius 1 is 1.42 bits per heavy atom. The third-order valence-corrected chi connectivity index (χ3v) is 2.22. The van der Waals surface area contributed by atoms with E-state index in [1.165, 1.54) is 0 Å². The molecule has 2 nitrogen and oxygen atoms in total. The molecule has 0 unspecified atom stereocenters. The maximum absolute atomic E-state index is 4.12. The molecule has 0 spiro atoms. The zero-order valence-electron chi connectivity index (χ0n) is 6.55. The molecule has 1 aromatic rings. The van der Waals surface area contributed by atoms with Crippen molar-refractivity contribution in [1.82, 2.24) is 9.97 Å². The summed E-state index contributed by atoms with van der Waals surface area (Å²) < 4.78 is 0. The second-order valence-electron chi connectivity index (χ2n) is 2.01. The summed E-state index contributed by atoms with van der Waals surface area (Å²) in [7, 11) is 0. The third-order valence-electron chi connectivity index (χ3n) is 1.14. The fourth-order valence-corrected chi connectivity index (χ4v) is 1.46. The second kappa shape index (κ2) is 6.08. The third kappa shape index (κ3) is 3.78. The molecular weight excluding hydrogens is 188 g/mol. The van der Waals surface area contributed by atoms with E-state index in [0.29, 0.717) is 0 Å². The quantitative estimate of drug-likeness (QED) is 0.455.